The normalized spacial score (nSPS) is 27.6. The van der Waals surface area contributed by atoms with E-state index in [4.69, 9.17) is 18.9 Å². The number of ether oxygens (including phenoxy) is 4. The maximum absolute atomic E-state index is 13.5. The van der Waals surface area contributed by atoms with Crippen LogP contribution in [0.4, 0.5) is 0 Å². The van der Waals surface area contributed by atoms with Crippen molar-refractivity contribution >= 4 is 15.9 Å². The minimum atomic E-state index is -4.16. The minimum Gasteiger partial charge on any atom is -0.481 e. The van der Waals surface area contributed by atoms with Crippen LogP contribution in [0.2, 0.25) is 0 Å². The van der Waals surface area contributed by atoms with Gasteiger partial charge < -0.3 is 18.9 Å². The van der Waals surface area contributed by atoms with E-state index < -0.39 is 46.1 Å². The number of rotatable bonds is 6. The number of fused-ring (bicyclic) bond motifs is 1. The topological polar surface area (TPSA) is 124 Å². The third kappa shape index (κ3) is 4.69. The molecular formula is C20H26N2O8S. The van der Waals surface area contributed by atoms with E-state index in [-0.39, 0.29) is 18.0 Å². The molecule has 2 aliphatic rings. The van der Waals surface area contributed by atoms with E-state index in [1.54, 1.807) is 20.8 Å². The fourth-order valence-electron chi connectivity index (χ4n) is 3.81. The Labute approximate surface area is 181 Å². The maximum atomic E-state index is 13.5. The summed E-state index contributed by atoms with van der Waals surface area (Å²) < 4.78 is 50.4. The van der Waals surface area contributed by atoms with Crippen LogP contribution < -0.4 is 10.2 Å². The minimum absolute atomic E-state index is 0.0522. The molecule has 0 radical (unpaired) electrons. The molecule has 2 fully saturated rings. The summed E-state index contributed by atoms with van der Waals surface area (Å²) >= 11 is 0. The lowest BCUT2D eigenvalue weighted by molar-refractivity contribution is -0.162. The zero-order chi connectivity index (χ0) is 22.8. The number of carbonyl (C=O) groups is 1. The summed E-state index contributed by atoms with van der Waals surface area (Å²) in [5.74, 6) is 4.00. The van der Waals surface area contributed by atoms with E-state index in [9.17, 15) is 18.4 Å². The van der Waals surface area contributed by atoms with Gasteiger partial charge in [-0.25, -0.2) is 13.9 Å². The molecule has 1 amide bonds. The summed E-state index contributed by atoms with van der Waals surface area (Å²) in [6, 6.07) is 4.40. The number of hydrogen-bond acceptors (Lipinski definition) is 8. The fourth-order valence-corrected chi connectivity index (χ4v) is 5.42. The van der Waals surface area contributed by atoms with Crippen molar-refractivity contribution in [2.75, 3.05) is 20.3 Å². The molecule has 0 spiro atoms. The van der Waals surface area contributed by atoms with Crippen molar-refractivity contribution in [2.24, 2.45) is 0 Å². The van der Waals surface area contributed by atoms with Crippen LogP contribution in [0.3, 0.4) is 0 Å². The second-order valence-electron chi connectivity index (χ2n) is 7.52. The third-order valence-electron chi connectivity index (χ3n) is 5.10. The second kappa shape index (κ2) is 9.12. The van der Waals surface area contributed by atoms with Gasteiger partial charge in [0.05, 0.1) is 4.90 Å². The number of hydroxylamine groups is 1. The van der Waals surface area contributed by atoms with E-state index in [1.165, 1.54) is 36.9 Å². The molecule has 3 rings (SSSR count). The average molecular weight is 455 g/mol. The molecule has 11 heteroatoms. The highest BCUT2D eigenvalue weighted by Gasteiger charge is 2.57. The lowest BCUT2D eigenvalue weighted by Gasteiger charge is -2.42. The molecule has 0 unspecified atom stereocenters. The number of carbonyl (C=O) groups excluding carboxylic acids is 1. The molecule has 2 aliphatic heterocycles. The number of methoxy groups -OCH3 is 1. The average Bonchev–Trinajstić information content (AvgIpc) is 3.06. The molecule has 2 N–H and O–H groups in total. The lowest BCUT2D eigenvalue weighted by atomic mass is 9.95. The van der Waals surface area contributed by atoms with Crippen LogP contribution in [0.15, 0.2) is 29.2 Å². The Morgan fingerprint density at radius 1 is 1.32 bits per heavy atom. The highest BCUT2D eigenvalue weighted by molar-refractivity contribution is 7.89. The van der Waals surface area contributed by atoms with Gasteiger partial charge in [-0.05, 0) is 45.0 Å². The highest BCUT2D eigenvalue weighted by atomic mass is 32.2. The number of benzene rings is 1. The van der Waals surface area contributed by atoms with Crippen LogP contribution in [-0.2, 0) is 29.0 Å². The molecule has 1 aromatic carbocycles. The number of hydrogen-bond donors (Lipinski definition) is 2. The first-order chi connectivity index (χ1) is 14.6. The highest BCUT2D eigenvalue weighted by Crippen LogP contribution is 2.38. The summed E-state index contributed by atoms with van der Waals surface area (Å²) in [7, 11) is -2.82. The number of nitrogens with one attached hydrogen (secondary N) is 1. The molecule has 0 saturated carbocycles. The van der Waals surface area contributed by atoms with Gasteiger partial charge in [0.2, 0.25) is 10.0 Å². The largest absolute Gasteiger partial charge is 0.481 e. The molecule has 170 valence electrons. The van der Waals surface area contributed by atoms with E-state index in [1.807, 2.05) is 0 Å². The lowest BCUT2D eigenvalue weighted by Crippen LogP contribution is -2.66. The smallest absolute Gasteiger partial charge is 0.264 e. The Morgan fingerprint density at radius 3 is 2.58 bits per heavy atom. The van der Waals surface area contributed by atoms with E-state index in [0.29, 0.717) is 5.75 Å². The molecule has 1 aromatic rings. The summed E-state index contributed by atoms with van der Waals surface area (Å²) in [4.78, 5) is 12.4. The summed E-state index contributed by atoms with van der Waals surface area (Å²) in [5, 5.41) is 9.26. The Kier molecular flexibility index (Phi) is 6.90. The SMILES string of the molecule is CC#CCOc1ccc(S(=O)(=O)N2C[C@@H]3OC(C)(C)O[C@@H]3[C@@H](OC)[C@@H]2C(=O)NO)cc1. The van der Waals surface area contributed by atoms with Crippen LogP contribution in [0.1, 0.15) is 20.8 Å². The molecule has 10 nitrogen and oxygen atoms in total. The molecule has 4 atom stereocenters. The summed E-state index contributed by atoms with van der Waals surface area (Å²) in [6.45, 7) is 5.10. The predicted molar refractivity (Wildman–Crippen MR) is 108 cm³/mol. The fraction of sp³-hybridized carbons (Fsp3) is 0.550. The predicted octanol–water partition coefficient (Wildman–Crippen LogP) is 0.502. The molecular weight excluding hydrogens is 428 g/mol. The van der Waals surface area contributed by atoms with Crippen molar-refractivity contribution in [1.82, 2.24) is 9.79 Å². The number of amides is 1. The van der Waals surface area contributed by atoms with Crippen LogP contribution in [0.5, 0.6) is 5.75 Å². The Bertz CT molecular complexity index is 967. The van der Waals surface area contributed by atoms with Gasteiger partial charge in [-0.2, -0.15) is 4.31 Å². The second-order valence-corrected chi connectivity index (χ2v) is 9.41. The van der Waals surface area contributed by atoms with Crippen molar-refractivity contribution in [3.05, 3.63) is 24.3 Å². The first-order valence-corrected chi connectivity index (χ1v) is 11.1. The third-order valence-corrected chi connectivity index (χ3v) is 6.96. The van der Waals surface area contributed by atoms with Gasteiger partial charge in [0.1, 0.15) is 36.7 Å². The molecule has 31 heavy (non-hydrogen) atoms. The van der Waals surface area contributed by atoms with Crippen LogP contribution >= 0.6 is 0 Å². The van der Waals surface area contributed by atoms with Crippen LogP contribution in [0, 0.1) is 11.8 Å². The van der Waals surface area contributed by atoms with Gasteiger partial charge in [-0.3, -0.25) is 10.0 Å². The van der Waals surface area contributed by atoms with Crippen molar-refractivity contribution < 1.29 is 37.4 Å². The zero-order valence-electron chi connectivity index (χ0n) is 17.7. The Morgan fingerprint density at radius 2 is 2.00 bits per heavy atom. The number of sulfonamides is 1. The van der Waals surface area contributed by atoms with Gasteiger partial charge in [0.15, 0.2) is 5.79 Å². The molecule has 0 bridgehead atoms. The van der Waals surface area contributed by atoms with Crippen LogP contribution in [-0.4, -0.2) is 74.2 Å². The van der Waals surface area contributed by atoms with Gasteiger partial charge in [-0.15, -0.1) is 5.92 Å². The number of nitrogens with zero attached hydrogens (tertiary/aromatic N) is 1. The first kappa shape index (κ1) is 23.5. The van der Waals surface area contributed by atoms with Gasteiger partial charge >= 0.3 is 0 Å². The summed E-state index contributed by atoms with van der Waals surface area (Å²) in [5.41, 5.74) is 1.54. The van der Waals surface area contributed by atoms with Crippen molar-refractivity contribution in [2.45, 2.75) is 55.8 Å². The zero-order valence-corrected chi connectivity index (χ0v) is 18.5. The summed E-state index contributed by atoms with van der Waals surface area (Å²) in [6.07, 6.45) is -2.35. The van der Waals surface area contributed by atoms with Gasteiger partial charge in [0.25, 0.3) is 5.91 Å². The van der Waals surface area contributed by atoms with Crippen molar-refractivity contribution in [1.29, 1.82) is 0 Å². The van der Waals surface area contributed by atoms with Gasteiger partial charge in [0, 0.05) is 13.7 Å². The number of piperidine rings is 1. The molecule has 0 aromatic heterocycles. The van der Waals surface area contributed by atoms with Crippen LogP contribution in [0.25, 0.3) is 0 Å². The standard InChI is InChI=1S/C20H26N2O8S/c1-5-6-11-28-13-7-9-14(10-8-13)31(25,26)22-12-15-17(30-20(2,3)29-15)18(27-4)16(22)19(23)21-24/h7-10,15-18,24H,11-12H2,1-4H3,(H,21,23)/t15-,16+,17-,18-/m0/s1. The van der Waals surface area contributed by atoms with Crippen molar-refractivity contribution in [3.8, 4) is 17.6 Å². The monoisotopic (exact) mass is 454 g/mol. The maximum Gasteiger partial charge on any atom is 0.264 e. The van der Waals surface area contributed by atoms with E-state index in [0.717, 1.165) is 4.31 Å². The molecule has 2 saturated heterocycles. The molecule has 0 aliphatic carbocycles. The Hall–Kier alpha value is -2.20. The van der Waals surface area contributed by atoms with E-state index >= 15 is 0 Å². The first-order valence-electron chi connectivity index (χ1n) is 9.61. The van der Waals surface area contributed by atoms with Gasteiger partial charge in [-0.1, -0.05) is 5.92 Å². The molecule has 2 heterocycles. The van der Waals surface area contributed by atoms with E-state index in [2.05, 4.69) is 11.8 Å². The quantitative estimate of drug-likeness (QED) is 0.362. The Balaban J connectivity index is 1.95. The van der Waals surface area contributed by atoms with Crippen molar-refractivity contribution in [3.63, 3.8) is 0 Å².